The van der Waals surface area contributed by atoms with Gasteiger partial charge in [-0.25, -0.2) is 0 Å². The predicted molar refractivity (Wildman–Crippen MR) is 85.1 cm³/mol. The molecule has 2 aromatic rings. The number of fused-ring (bicyclic) bond motifs is 1. The van der Waals surface area contributed by atoms with Crippen LogP contribution in [0, 0.1) is 0 Å². The first kappa shape index (κ1) is 13.2. The molecule has 0 radical (unpaired) electrons. The maximum absolute atomic E-state index is 6.02. The molecule has 2 N–H and O–H groups in total. The molecule has 3 rings (SSSR count). The minimum absolute atomic E-state index is 0.643. The van der Waals surface area contributed by atoms with E-state index >= 15 is 0 Å². The first-order valence-electron chi connectivity index (χ1n) is 7.21. The Morgan fingerprint density at radius 3 is 3.00 bits per heavy atom. The average molecular weight is 270 g/mol. The van der Waals surface area contributed by atoms with E-state index < -0.39 is 0 Å². The van der Waals surface area contributed by atoms with Crippen molar-refractivity contribution >= 4 is 22.3 Å². The Bertz CT molecular complexity index is 610. The number of rotatable bonds is 3. The average Bonchev–Trinajstić information content (AvgIpc) is 2.84. The number of hydrogen-bond donors (Lipinski definition) is 1. The van der Waals surface area contributed by atoms with E-state index in [0.29, 0.717) is 6.04 Å². The Hall–Kier alpha value is -1.81. The molecule has 1 aromatic heterocycles. The van der Waals surface area contributed by atoms with Crippen molar-refractivity contribution in [3.8, 4) is 0 Å². The highest BCUT2D eigenvalue weighted by molar-refractivity contribution is 5.97. The molecule has 1 saturated heterocycles. The molecule has 0 aliphatic carbocycles. The molecule has 0 amide bonds. The van der Waals surface area contributed by atoms with Crippen molar-refractivity contribution in [2.24, 2.45) is 0 Å². The second kappa shape index (κ2) is 5.29. The Kier molecular flexibility index (Phi) is 3.49. The van der Waals surface area contributed by atoms with Crippen LogP contribution in [-0.2, 0) is 0 Å². The molecule has 1 atom stereocenters. The number of nitrogens with zero attached hydrogens (tertiary/aromatic N) is 3. The van der Waals surface area contributed by atoms with E-state index in [-0.39, 0.29) is 0 Å². The van der Waals surface area contributed by atoms with Crippen LogP contribution in [0.15, 0.2) is 30.5 Å². The van der Waals surface area contributed by atoms with Gasteiger partial charge < -0.3 is 15.5 Å². The molecule has 1 aliphatic rings. The third kappa shape index (κ3) is 2.31. The Morgan fingerprint density at radius 2 is 2.25 bits per heavy atom. The van der Waals surface area contributed by atoms with Gasteiger partial charge in [-0.3, -0.25) is 4.98 Å². The fraction of sp³-hybridized carbons (Fsp3) is 0.438. The third-order valence-corrected chi connectivity index (χ3v) is 4.35. The number of pyridine rings is 1. The van der Waals surface area contributed by atoms with Crippen LogP contribution in [0.2, 0.25) is 0 Å². The molecule has 2 heterocycles. The number of nitrogens with two attached hydrogens (primary N) is 1. The van der Waals surface area contributed by atoms with E-state index in [9.17, 15) is 0 Å². The summed E-state index contributed by atoms with van der Waals surface area (Å²) in [5.74, 6) is 0. The van der Waals surface area contributed by atoms with Gasteiger partial charge in [0.15, 0.2) is 0 Å². The molecule has 1 aliphatic heterocycles. The van der Waals surface area contributed by atoms with Gasteiger partial charge in [-0.1, -0.05) is 12.1 Å². The van der Waals surface area contributed by atoms with Gasteiger partial charge in [0.2, 0.25) is 0 Å². The highest BCUT2D eigenvalue weighted by atomic mass is 15.2. The van der Waals surface area contributed by atoms with Gasteiger partial charge in [-0.05, 0) is 38.6 Å². The van der Waals surface area contributed by atoms with Gasteiger partial charge >= 0.3 is 0 Å². The lowest BCUT2D eigenvalue weighted by Crippen LogP contribution is -2.36. The van der Waals surface area contributed by atoms with E-state index in [1.807, 2.05) is 18.3 Å². The first-order valence-corrected chi connectivity index (χ1v) is 7.21. The quantitative estimate of drug-likeness (QED) is 0.870. The lowest BCUT2D eigenvalue weighted by molar-refractivity contribution is 0.314. The number of para-hydroxylation sites is 1. The minimum atomic E-state index is 0.643. The molecule has 0 saturated carbocycles. The third-order valence-electron chi connectivity index (χ3n) is 4.35. The van der Waals surface area contributed by atoms with Crippen LogP contribution < -0.4 is 10.6 Å². The van der Waals surface area contributed by atoms with Crippen molar-refractivity contribution in [2.45, 2.75) is 18.9 Å². The summed E-state index contributed by atoms with van der Waals surface area (Å²) in [5.41, 5.74) is 8.88. The van der Waals surface area contributed by atoms with Crippen molar-refractivity contribution in [3.05, 3.63) is 30.5 Å². The van der Waals surface area contributed by atoms with Gasteiger partial charge in [-0.15, -0.1) is 0 Å². The van der Waals surface area contributed by atoms with Crippen LogP contribution in [0.5, 0.6) is 0 Å². The number of likely N-dealkylation sites (N-methyl/N-ethyl adjacent to an activating group) is 2. The number of anilines is 2. The molecular formula is C16H22N4. The topological polar surface area (TPSA) is 45.4 Å². The first-order chi connectivity index (χ1) is 9.66. The molecule has 1 aromatic carbocycles. The maximum atomic E-state index is 6.02. The number of benzene rings is 1. The van der Waals surface area contributed by atoms with Crippen LogP contribution >= 0.6 is 0 Å². The van der Waals surface area contributed by atoms with Gasteiger partial charge in [0.1, 0.15) is 0 Å². The Balaban J connectivity index is 1.91. The van der Waals surface area contributed by atoms with Crippen molar-refractivity contribution in [3.63, 3.8) is 0 Å². The van der Waals surface area contributed by atoms with Gasteiger partial charge in [0.05, 0.1) is 11.2 Å². The smallest absolute Gasteiger partial charge is 0.0951 e. The standard InChI is InChI=1S/C16H22N4/c1-19-10-4-5-12(19)11-20(2)15-8-9-18-16-13(15)6-3-7-14(16)17/h3,6-9,12H,4-5,10-11,17H2,1-2H3. The molecule has 4 nitrogen and oxygen atoms in total. The zero-order valence-electron chi connectivity index (χ0n) is 12.2. The summed E-state index contributed by atoms with van der Waals surface area (Å²) in [4.78, 5) is 9.19. The largest absolute Gasteiger partial charge is 0.397 e. The molecule has 106 valence electrons. The van der Waals surface area contributed by atoms with Gasteiger partial charge in [0.25, 0.3) is 0 Å². The monoisotopic (exact) mass is 270 g/mol. The molecule has 1 fully saturated rings. The van der Waals surface area contributed by atoms with Crippen LogP contribution in [0.1, 0.15) is 12.8 Å². The van der Waals surface area contributed by atoms with E-state index in [1.165, 1.54) is 25.1 Å². The lowest BCUT2D eigenvalue weighted by atomic mass is 10.1. The second-order valence-electron chi connectivity index (χ2n) is 5.73. The number of hydrogen-bond acceptors (Lipinski definition) is 4. The fourth-order valence-corrected chi connectivity index (χ4v) is 3.14. The van der Waals surface area contributed by atoms with E-state index in [0.717, 1.165) is 23.1 Å². The Labute approximate surface area is 120 Å². The highest BCUT2D eigenvalue weighted by Gasteiger charge is 2.22. The summed E-state index contributed by atoms with van der Waals surface area (Å²) in [6, 6.07) is 8.73. The van der Waals surface area contributed by atoms with Crippen molar-refractivity contribution in [1.82, 2.24) is 9.88 Å². The van der Waals surface area contributed by atoms with Crippen LogP contribution in [-0.4, -0.2) is 43.1 Å². The molecule has 1 unspecified atom stereocenters. The zero-order valence-corrected chi connectivity index (χ0v) is 12.2. The summed E-state index contributed by atoms with van der Waals surface area (Å²) in [6.07, 6.45) is 4.44. The molecule has 0 spiro atoms. The molecule has 4 heteroatoms. The van der Waals surface area contributed by atoms with E-state index in [1.54, 1.807) is 0 Å². The highest BCUT2D eigenvalue weighted by Crippen LogP contribution is 2.28. The molecule has 20 heavy (non-hydrogen) atoms. The maximum Gasteiger partial charge on any atom is 0.0951 e. The van der Waals surface area contributed by atoms with Crippen molar-refractivity contribution in [1.29, 1.82) is 0 Å². The predicted octanol–water partition coefficient (Wildman–Crippen LogP) is 2.35. The lowest BCUT2D eigenvalue weighted by Gasteiger charge is -2.28. The van der Waals surface area contributed by atoms with E-state index in [2.05, 4.69) is 41.0 Å². The van der Waals surface area contributed by atoms with Gasteiger partial charge in [0, 0.05) is 36.9 Å². The normalized spacial score (nSPS) is 19.6. The van der Waals surface area contributed by atoms with Crippen molar-refractivity contribution < 1.29 is 0 Å². The van der Waals surface area contributed by atoms with E-state index in [4.69, 9.17) is 5.73 Å². The summed E-state index contributed by atoms with van der Waals surface area (Å²) in [7, 11) is 4.37. The number of nitrogen functional groups attached to an aromatic ring is 1. The van der Waals surface area contributed by atoms with Crippen LogP contribution in [0.4, 0.5) is 11.4 Å². The zero-order chi connectivity index (χ0) is 14.1. The summed E-state index contributed by atoms with van der Waals surface area (Å²) in [5, 5.41) is 1.13. The number of aromatic nitrogens is 1. The Morgan fingerprint density at radius 1 is 1.40 bits per heavy atom. The fourth-order valence-electron chi connectivity index (χ4n) is 3.14. The summed E-state index contributed by atoms with van der Waals surface area (Å²) >= 11 is 0. The minimum Gasteiger partial charge on any atom is -0.397 e. The molecule has 0 bridgehead atoms. The second-order valence-corrected chi connectivity index (χ2v) is 5.73. The van der Waals surface area contributed by atoms with Gasteiger partial charge in [-0.2, -0.15) is 0 Å². The summed E-state index contributed by atoms with van der Waals surface area (Å²) in [6.45, 7) is 2.26. The molecular weight excluding hydrogens is 248 g/mol. The van der Waals surface area contributed by atoms with Crippen molar-refractivity contribution in [2.75, 3.05) is 37.8 Å². The van der Waals surface area contributed by atoms with Crippen LogP contribution in [0.25, 0.3) is 10.9 Å². The number of likely N-dealkylation sites (tertiary alicyclic amines) is 1. The summed E-state index contributed by atoms with van der Waals surface area (Å²) < 4.78 is 0. The van der Waals surface area contributed by atoms with Crippen LogP contribution in [0.3, 0.4) is 0 Å². The SMILES string of the molecule is CN(CC1CCCN1C)c1ccnc2c(N)cccc12.